The van der Waals surface area contributed by atoms with Crippen LogP contribution < -0.4 is 0 Å². The Morgan fingerprint density at radius 1 is 1.14 bits per heavy atom. The predicted octanol–water partition coefficient (Wildman–Crippen LogP) is 0.525. The Hall–Kier alpha value is -0.120. The zero-order valence-corrected chi connectivity index (χ0v) is 8.85. The van der Waals surface area contributed by atoms with Crippen molar-refractivity contribution in [3.05, 3.63) is 0 Å². The highest BCUT2D eigenvalue weighted by atomic mass is 16.3. The first kappa shape index (κ1) is 10.4. The summed E-state index contributed by atoms with van der Waals surface area (Å²) in [5.41, 5.74) is -0.663. The molecule has 2 saturated carbocycles. The Kier molecular flexibility index (Phi) is 2.37. The molecule has 0 spiro atoms. The summed E-state index contributed by atoms with van der Waals surface area (Å²) in [4.78, 5) is 0. The third-order valence-electron chi connectivity index (χ3n) is 4.04. The minimum Gasteiger partial charge on any atom is -0.390 e. The second kappa shape index (κ2) is 3.19. The lowest BCUT2D eigenvalue weighted by molar-refractivity contribution is -0.0382. The summed E-state index contributed by atoms with van der Waals surface area (Å²) >= 11 is 0. The number of rotatable bonds is 2. The van der Waals surface area contributed by atoms with E-state index in [-0.39, 0.29) is 11.8 Å². The zero-order chi connectivity index (χ0) is 10.5. The third-order valence-corrected chi connectivity index (χ3v) is 4.04. The van der Waals surface area contributed by atoms with Crippen molar-refractivity contribution >= 4 is 0 Å². The maximum Gasteiger partial charge on any atom is 0.0857 e. The van der Waals surface area contributed by atoms with E-state index in [9.17, 15) is 15.3 Å². The first-order chi connectivity index (χ1) is 6.46. The first-order valence-corrected chi connectivity index (χ1v) is 5.54. The van der Waals surface area contributed by atoms with Crippen molar-refractivity contribution in [3.63, 3.8) is 0 Å². The molecule has 3 N–H and O–H groups in total. The summed E-state index contributed by atoms with van der Waals surface area (Å²) in [6, 6.07) is 0. The fourth-order valence-corrected chi connectivity index (χ4v) is 2.77. The van der Waals surface area contributed by atoms with Gasteiger partial charge in [0.25, 0.3) is 0 Å². The highest BCUT2D eigenvalue weighted by molar-refractivity contribution is 5.08. The molecule has 0 aromatic rings. The lowest BCUT2D eigenvalue weighted by Gasteiger charge is -2.21. The van der Waals surface area contributed by atoms with Gasteiger partial charge < -0.3 is 15.3 Å². The van der Waals surface area contributed by atoms with Gasteiger partial charge in [-0.15, -0.1) is 0 Å². The SMILES string of the molecule is CC(C)[C@@H]1C[C@H](C2(O)CC2)[C@@H](O)[C@H]1O. The van der Waals surface area contributed by atoms with Crippen LogP contribution in [0.5, 0.6) is 0 Å². The van der Waals surface area contributed by atoms with Gasteiger partial charge in [0.05, 0.1) is 17.8 Å². The molecule has 0 aromatic heterocycles. The molecule has 0 unspecified atom stereocenters. The van der Waals surface area contributed by atoms with Crippen LogP contribution in [0.15, 0.2) is 0 Å². The van der Waals surface area contributed by atoms with E-state index in [2.05, 4.69) is 13.8 Å². The van der Waals surface area contributed by atoms with E-state index < -0.39 is 17.8 Å². The van der Waals surface area contributed by atoms with Crippen molar-refractivity contribution in [2.45, 2.75) is 50.9 Å². The van der Waals surface area contributed by atoms with Crippen LogP contribution >= 0.6 is 0 Å². The molecule has 2 aliphatic rings. The molecule has 0 heterocycles. The lowest BCUT2D eigenvalue weighted by atomic mass is 9.90. The summed E-state index contributed by atoms with van der Waals surface area (Å²) in [6.45, 7) is 4.11. The van der Waals surface area contributed by atoms with E-state index in [1.165, 1.54) is 0 Å². The highest BCUT2D eigenvalue weighted by Gasteiger charge is 2.57. The average molecular weight is 200 g/mol. The van der Waals surface area contributed by atoms with E-state index in [4.69, 9.17) is 0 Å². The van der Waals surface area contributed by atoms with Crippen LogP contribution in [0, 0.1) is 17.8 Å². The maximum atomic E-state index is 9.95. The summed E-state index contributed by atoms with van der Waals surface area (Å²) < 4.78 is 0. The van der Waals surface area contributed by atoms with Crippen LogP contribution in [-0.4, -0.2) is 33.1 Å². The van der Waals surface area contributed by atoms with Gasteiger partial charge in [0.2, 0.25) is 0 Å². The van der Waals surface area contributed by atoms with Crippen molar-refractivity contribution in [1.29, 1.82) is 0 Å². The van der Waals surface area contributed by atoms with Gasteiger partial charge >= 0.3 is 0 Å². The number of aliphatic hydroxyl groups is 3. The minimum absolute atomic E-state index is 0.107. The fourth-order valence-electron chi connectivity index (χ4n) is 2.77. The standard InChI is InChI=1S/C11H20O3/c1-6(2)7-5-8(10(13)9(7)12)11(14)3-4-11/h6-10,12-14H,3-5H2,1-2H3/t7-,8-,9-,10+/m0/s1. The second-order valence-electron chi connectivity index (χ2n) is 5.33. The molecular formula is C11H20O3. The van der Waals surface area contributed by atoms with Crippen LogP contribution in [0.4, 0.5) is 0 Å². The largest absolute Gasteiger partial charge is 0.390 e. The second-order valence-corrected chi connectivity index (χ2v) is 5.33. The van der Waals surface area contributed by atoms with Crippen LogP contribution in [0.1, 0.15) is 33.1 Å². The summed E-state index contributed by atoms with van der Waals surface area (Å²) in [7, 11) is 0. The molecular weight excluding hydrogens is 180 g/mol. The van der Waals surface area contributed by atoms with Crippen LogP contribution in [-0.2, 0) is 0 Å². The number of hydrogen-bond acceptors (Lipinski definition) is 3. The minimum atomic E-state index is -0.727. The molecule has 2 fully saturated rings. The Labute approximate surface area is 84.8 Å². The first-order valence-electron chi connectivity index (χ1n) is 5.54. The van der Waals surface area contributed by atoms with E-state index in [1.54, 1.807) is 0 Å². The zero-order valence-electron chi connectivity index (χ0n) is 8.85. The maximum absolute atomic E-state index is 9.95. The van der Waals surface area contributed by atoms with Crippen LogP contribution in [0.3, 0.4) is 0 Å². The van der Waals surface area contributed by atoms with Gasteiger partial charge in [-0.1, -0.05) is 13.8 Å². The van der Waals surface area contributed by atoms with E-state index >= 15 is 0 Å². The van der Waals surface area contributed by atoms with E-state index in [0.29, 0.717) is 5.92 Å². The quantitative estimate of drug-likeness (QED) is 0.609. The molecule has 0 aromatic carbocycles. The molecule has 0 saturated heterocycles. The summed E-state index contributed by atoms with van der Waals surface area (Å²) in [5.74, 6) is 0.400. The average Bonchev–Trinajstić information content (AvgIpc) is 2.76. The monoisotopic (exact) mass is 200 g/mol. The fraction of sp³-hybridized carbons (Fsp3) is 1.00. The topological polar surface area (TPSA) is 60.7 Å². The Morgan fingerprint density at radius 3 is 2.07 bits per heavy atom. The van der Waals surface area contributed by atoms with Crippen LogP contribution in [0.25, 0.3) is 0 Å². The molecule has 3 nitrogen and oxygen atoms in total. The number of hydrogen-bond donors (Lipinski definition) is 3. The van der Waals surface area contributed by atoms with Gasteiger partial charge in [-0.3, -0.25) is 0 Å². The smallest absolute Gasteiger partial charge is 0.0857 e. The molecule has 0 bridgehead atoms. The molecule has 2 rings (SSSR count). The third kappa shape index (κ3) is 1.47. The van der Waals surface area contributed by atoms with Gasteiger partial charge in [-0.2, -0.15) is 0 Å². The van der Waals surface area contributed by atoms with E-state index in [1.807, 2.05) is 0 Å². The highest BCUT2D eigenvalue weighted by Crippen LogP contribution is 2.51. The van der Waals surface area contributed by atoms with Gasteiger partial charge in [-0.25, -0.2) is 0 Å². The van der Waals surface area contributed by atoms with Crippen molar-refractivity contribution in [1.82, 2.24) is 0 Å². The molecule has 0 radical (unpaired) electrons. The molecule has 14 heavy (non-hydrogen) atoms. The summed E-state index contributed by atoms with van der Waals surface area (Å²) in [6.07, 6.45) is 0.953. The number of aliphatic hydroxyl groups excluding tert-OH is 2. The Bertz CT molecular complexity index is 223. The van der Waals surface area contributed by atoms with Crippen molar-refractivity contribution in [2.24, 2.45) is 17.8 Å². The van der Waals surface area contributed by atoms with Crippen molar-refractivity contribution in [2.75, 3.05) is 0 Å². The molecule has 82 valence electrons. The van der Waals surface area contributed by atoms with Gasteiger partial charge in [0.15, 0.2) is 0 Å². The molecule has 3 heteroatoms. The predicted molar refractivity (Wildman–Crippen MR) is 52.6 cm³/mol. The lowest BCUT2D eigenvalue weighted by Crippen LogP contribution is -2.35. The van der Waals surface area contributed by atoms with Gasteiger partial charge in [0.1, 0.15) is 0 Å². The molecule has 4 atom stereocenters. The molecule has 2 aliphatic carbocycles. The van der Waals surface area contributed by atoms with Crippen molar-refractivity contribution < 1.29 is 15.3 Å². The van der Waals surface area contributed by atoms with Crippen molar-refractivity contribution in [3.8, 4) is 0 Å². The summed E-state index contributed by atoms with van der Waals surface area (Å²) in [5, 5.41) is 29.6. The molecule has 0 aliphatic heterocycles. The van der Waals surface area contributed by atoms with Gasteiger partial charge in [-0.05, 0) is 31.1 Å². The van der Waals surface area contributed by atoms with Gasteiger partial charge in [0, 0.05) is 5.92 Å². The van der Waals surface area contributed by atoms with Crippen LogP contribution in [0.2, 0.25) is 0 Å². The normalized spacial score (nSPS) is 45.9. The van der Waals surface area contributed by atoms with E-state index in [0.717, 1.165) is 19.3 Å². The molecule has 0 amide bonds. The Balaban J connectivity index is 2.09. The Morgan fingerprint density at radius 2 is 1.71 bits per heavy atom.